The van der Waals surface area contributed by atoms with Crippen molar-refractivity contribution in [2.75, 3.05) is 6.26 Å². The maximum atomic E-state index is 12.9. The fourth-order valence-corrected chi connectivity index (χ4v) is 2.43. The zero-order valence-corrected chi connectivity index (χ0v) is 8.41. The summed E-state index contributed by atoms with van der Waals surface area (Å²) in [6.07, 6.45) is 2.92. The van der Waals surface area contributed by atoms with Crippen LogP contribution in [0.1, 0.15) is 18.2 Å². The highest BCUT2D eigenvalue weighted by molar-refractivity contribution is 8.07. The van der Waals surface area contributed by atoms with E-state index in [-0.39, 0.29) is 5.95 Å². The molecule has 0 unspecified atom stereocenters. The monoisotopic (exact) mass is 195 g/mol. The summed E-state index contributed by atoms with van der Waals surface area (Å²) in [6.45, 7) is 2.07. The average molecular weight is 195 g/mol. The van der Waals surface area contributed by atoms with E-state index in [1.165, 1.54) is 11.6 Å². The Morgan fingerprint density at radius 2 is 2.23 bits per heavy atom. The Kier molecular flexibility index (Phi) is 2.12. The van der Waals surface area contributed by atoms with Crippen molar-refractivity contribution < 1.29 is 4.39 Å². The Bertz CT molecular complexity index is 385. The van der Waals surface area contributed by atoms with Crippen LogP contribution in [-0.2, 0) is 6.42 Å². The number of hydrogen-bond donors (Lipinski definition) is 0. The smallest absolute Gasteiger partial charge is 0.213 e. The molecule has 2 rings (SSSR count). The van der Waals surface area contributed by atoms with Crippen LogP contribution in [0.5, 0.6) is 0 Å². The Balaban J connectivity index is 2.55. The normalized spacial score (nSPS) is 15.0. The molecule has 1 aliphatic carbocycles. The van der Waals surface area contributed by atoms with E-state index in [1.54, 1.807) is 11.8 Å². The summed E-state index contributed by atoms with van der Waals surface area (Å²) in [5.74, 6) is -0.389. The van der Waals surface area contributed by atoms with Gasteiger partial charge in [0.15, 0.2) is 0 Å². The van der Waals surface area contributed by atoms with Crippen molar-refractivity contribution >= 4 is 16.7 Å². The third-order valence-corrected chi connectivity index (χ3v) is 3.16. The van der Waals surface area contributed by atoms with Gasteiger partial charge in [-0.25, -0.2) is 4.98 Å². The van der Waals surface area contributed by atoms with Crippen LogP contribution in [0.15, 0.2) is 17.7 Å². The van der Waals surface area contributed by atoms with Gasteiger partial charge in [-0.3, -0.25) is 0 Å². The molecule has 1 aliphatic rings. The summed E-state index contributed by atoms with van der Waals surface area (Å²) >= 11 is 1.64. The molecule has 68 valence electrons. The van der Waals surface area contributed by atoms with Gasteiger partial charge in [-0.05, 0) is 31.2 Å². The fraction of sp³-hybridized carbons (Fsp3) is 0.300. The molecule has 0 saturated heterocycles. The molecule has 0 aromatic carbocycles. The van der Waals surface area contributed by atoms with Crippen LogP contribution in [0.4, 0.5) is 4.39 Å². The Morgan fingerprint density at radius 1 is 1.46 bits per heavy atom. The van der Waals surface area contributed by atoms with Gasteiger partial charge in [0.1, 0.15) is 0 Å². The van der Waals surface area contributed by atoms with Crippen LogP contribution < -0.4 is 0 Å². The third kappa shape index (κ3) is 1.37. The first-order chi connectivity index (χ1) is 6.22. The van der Waals surface area contributed by atoms with Crippen molar-refractivity contribution in [2.24, 2.45) is 0 Å². The minimum absolute atomic E-state index is 0.389. The first-order valence-corrected chi connectivity index (χ1v) is 5.34. The molecule has 0 amide bonds. The van der Waals surface area contributed by atoms with Crippen LogP contribution in [0.3, 0.4) is 0 Å². The summed E-state index contributed by atoms with van der Waals surface area (Å²) in [7, 11) is 0. The minimum Gasteiger partial charge on any atom is -0.219 e. The van der Waals surface area contributed by atoms with Crippen molar-refractivity contribution in [3.05, 3.63) is 34.9 Å². The first kappa shape index (κ1) is 8.75. The predicted octanol–water partition coefficient (Wildman–Crippen LogP) is 2.87. The standard InChI is InChI=1S/C10H10FNS/c1-6-5-7-3-4-8(11)12-9(7)10(6)13-2/h3-4H,5H2,1-2H3. The maximum absolute atomic E-state index is 12.9. The summed E-state index contributed by atoms with van der Waals surface area (Å²) in [4.78, 5) is 5.04. The van der Waals surface area contributed by atoms with Crippen LogP contribution in [-0.4, -0.2) is 11.2 Å². The van der Waals surface area contributed by atoms with Gasteiger partial charge < -0.3 is 0 Å². The molecule has 0 N–H and O–H groups in total. The van der Waals surface area contributed by atoms with Gasteiger partial charge in [-0.2, -0.15) is 4.39 Å². The largest absolute Gasteiger partial charge is 0.219 e. The van der Waals surface area contributed by atoms with E-state index in [4.69, 9.17) is 0 Å². The first-order valence-electron chi connectivity index (χ1n) is 4.12. The Morgan fingerprint density at radius 3 is 2.92 bits per heavy atom. The van der Waals surface area contributed by atoms with E-state index in [1.807, 2.05) is 12.3 Å². The summed E-state index contributed by atoms with van der Waals surface area (Å²) in [6, 6.07) is 3.25. The number of allylic oxidation sites excluding steroid dienone is 1. The molecule has 0 atom stereocenters. The van der Waals surface area contributed by atoms with Crippen molar-refractivity contribution in [3.8, 4) is 0 Å². The van der Waals surface area contributed by atoms with Gasteiger partial charge in [0.05, 0.1) is 5.69 Å². The zero-order chi connectivity index (χ0) is 9.42. The number of aromatic nitrogens is 1. The lowest BCUT2D eigenvalue weighted by Crippen LogP contribution is -1.91. The third-order valence-electron chi connectivity index (χ3n) is 2.21. The van der Waals surface area contributed by atoms with Crippen LogP contribution in [0, 0.1) is 5.95 Å². The highest BCUT2D eigenvalue weighted by atomic mass is 32.2. The highest BCUT2D eigenvalue weighted by Gasteiger charge is 2.19. The van der Waals surface area contributed by atoms with E-state index < -0.39 is 0 Å². The van der Waals surface area contributed by atoms with Crippen molar-refractivity contribution in [3.63, 3.8) is 0 Å². The van der Waals surface area contributed by atoms with E-state index in [2.05, 4.69) is 11.9 Å². The summed E-state index contributed by atoms with van der Waals surface area (Å²) in [5, 5.41) is 0. The van der Waals surface area contributed by atoms with Crippen LogP contribution in [0.25, 0.3) is 4.91 Å². The predicted molar refractivity (Wildman–Crippen MR) is 54.0 cm³/mol. The number of halogens is 1. The average Bonchev–Trinajstić information content (AvgIpc) is 2.40. The zero-order valence-electron chi connectivity index (χ0n) is 7.60. The molecule has 0 aliphatic heterocycles. The Hall–Kier alpha value is -0.830. The molecule has 1 aromatic heterocycles. The minimum atomic E-state index is -0.389. The SMILES string of the molecule is CSC1=C(C)Cc2ccc(F)nc21. The molecule has 1 aromatic rings. The molecule has 0 bridgehead atoms. The molecular weight excluding hydrogens is 185 g/mol. The van der Waals surface area contributed by atoms with Crippen molar-refractivity contribution in [2.45, 2.75) is 13.3 Å². The lowest BCUT2D eigenvalue weighted by molar-refractivity contribution is 0.582. The van der Waals surface area contributed by atoms with Gasteiger partial charge in [0.2, 0.25) is 5.95 Å². The molecule has 3 heteroatoms. The summed E-state index contributed by atoms with van der Waals surface area (Å²) in [5.41, 5.74) is 3.27. The Labute approximate surface area is 81.1 Å². The van der Waals surface area contributed by atoms with Gasteiger partial charge in [0, 0.05) is 4.91 Å². The lowest BCUT2D eigenvalue weighted by Gasteiger charge is -2.00. The van der Waals surface area contributed by atoms with Gasteiger partial charge >= 0.3 is 0 Å². The van der Waals surface area contributed by atoms with Crippen molar-refractivity contribution in [1.82, 2.24) is 4.98 Å². The van der Waals surface area contributed by atoms with E-state index in [0.29, 0.717) is 0 Å². The second-order valence-corrected chi connectivity index (χ2v) is 3.95. The number of thioether (sulfide) groups is 1. The van der Waals surface area contributed by atoms with Crippen LogP contribution >= 0.6 is 11.8 Å². The lowest BCUT2D eigenvalue weighted by atomic mass is 10.2. The number of hydrogen-bond acceptors (Lipinski definition) is 2. The molecule has 1 nitrogen and oxygen atoms in total. The second kappa shape index (κ2) is 3.14. The highest BCUT2D eigenvalue weighted by Crippen LogP contribution is 2.37. The number of pyridine rings is 1. The number of nitrogens with zero attached hydrogens (tertiary/aromatic N) is 1. The van der Waals surface area contributed by atoms with Crippen LogP contribution in [0.2, 0.25) is 0 Å². The topological polar surface area (TPSA) is 12.9 Å². The molecule has 0 saturated carbocycles. The molecule has 13 heavy (non-hydrogen) atoms. The van der Waals surface area contributed by atoms with Gasteiger partial charge in [-0.15, -0.1) is 11.8 Å². The van der Waals surface area contributed by atoms with E-state index >= 15 is 0 Å². The molecule has 0 fully saturated rings. The quantitative estimate of drug-likeness (QED) is 0.639. The number of rotatable bonds is 1. The fourth-order valence-electron chi connectivity index (χ4n) is 1.64. The number of fused-ring (bicyclic) bond motifs is 1. The maximum Gasteiger partial charge on any atom is 0.213 e. The van der Waals surface area contributed by atoms with E-state index in [9.17, 15) is 4.39 Å². The van der Waals surface area contributed by atoms with E-state index in [0.717, 1.165) is 22.6 Å². The second-order valence-electron chi connectivity index (χ2n) is 3.13. The van der Waals surface area contributed by atoms with Crippen molar-refractivity contribution in [1.29, 1.82) is 0 Å². The molecule has 0 spiro atoms. The van der Waals surface area contributed by atoms with Gasteiger partial charge in [0.25, 0.3) is 0 Å². The summed E-state index contributed by atoms with van der Waals surface area (Å²) < 4.78 is 12.9. The van der Waals surface area contributed by atoms with Gasteiger partial charge in [-0.1, -0.05) is 11.6 Å². The molecule has 0 radical (unpaired) electrons. The molecule has 1 heterocycles. The molecular formula is C10H10FNS.